The number of nitrogens with zero attached hydrogens (tertiary/aromatic N) is 4. The highest BCUT2D eigenvalue weighted by atomic mass is 32.2. The van der Waals surface area contributed by atoms with E-state index < -0.39 is 28.6 Å². The van der Waals surface area contributed by atoms with Gasteiger partial charge in [0.1, 0.15) is 0 Å². The summed E-state index contributed by atoms with van der Waals surface area (Å²) >= 11 is 0. The smallest absolute Gasteiger partial charge is 0.325 e. The van der Waals surface area contributed by atoms with Gasteiger partial charge in [-0.25, -0.2) is 0 Å². The van der Waals surface area contributed by atoms with Crippen LogP contribution in [0.25, 0.3) is 27.6 Å². The molecule has 1 saturated heterocycles. The maximum atomic E-state index is 13.0. The van der Waals surface area contributed by atoms with Crippen molar-refractivity contribution in [3.8, 4) is 5.69 Å². The molecule has 2 unspecified atom stereocenters. The van der Waals surface area contributed by atoms with Gasteiger partial charge in [0.25, 0.3) is 5.91 Å². The van der Waals surface area contributed by atoms with Gasteiger partial charge in [-0.15, -0.1) is 0 Å². The number of halogens is 3. The van der Waals surface area contributed by atoms with Gasteiger partial charge < -0.3 is 9.92 Å². The summed E-state index contributed by atoms with van der Waals surface area (Å²) in [5, 5.41) is 6.01. The molecule has 32 heavy (non-hydrogen) atoms. The minimum atomic E-state index is -4.41. The number of carbonyl (C=O) groups is 1. The van der Waals surface area contributed by atoms with Gasteiger partial charge in [-0.3, -0.25) is 14.0 Å². The summed E-state index contributed by atoms with van der Waals surface area (Å²) in [4.78, 5) is 12.7. The zero-order chi connectivity index (χ0) is 22.6. The number of rotatable bonds is 2. The monoisotopic (exact) mass is 461 g/mol. The maximum Gasteiger partial charge on any atom is 0.416 e. The zero-order valence-corrected chi connectivity index (χ0v) is 17.7. The molecular weight excluding hydrogens is 443 g/mol. The van der Waals surface area contributed by atoms with E-state index in [1.807, 2.05) is 6.20 Å². The highest BCUT2D eigenvalue weighted by Crippen LogP contribution is 2.34. The molecule has 0 spiro atoms. The number of hydrogen-bond donors (Lipinski definition) is 1. The van der Waals surface area contributed by atoms with Crippen LogP contribution >= 0.6 is 0 Å². The number of benzene rings is 2. The van der Waals surface area contributed by atoms with E-state index in [0.717, 1.165) is 28.4 Å². The molecule has 3 heterocycles. The molecule has 166 valence electrons. The summed E-state index contributed by atoms with van der Waals surface area (Å²) in [6, 6.07) is 9.91. The van der Waals surface area contributed by atoms with Crippen molar-refractivity contribution in [2.75, 3.05) is 12.4 Å². The number of aromatic nitrogens is 3. The largest absolute Gasteiger partial charge is 0.416 e. The van der Waals surface area contributed by atoms with Crippen molar-refractivity contribution in [3.63, 3.8) is 0 Å². The lowest BCUT2D eigenvalue weighted by Crippen LogP contribution is -2.22. The number of fused-ring (bicyclic) bond motifs is 3. The van der Waals surface area contributed by atoms with E-state index in [4.69, 9.17) is 9.92 Å². The van der Waals surface area contributed by atoms with Crippen LogP contribution in [0.3, 0.4) is 0 Å². The lowest BCUT2D eigenvalue weighted by atomic mass is 10.1. The van der Waals surface area contributed by atoms with E-state index in [-0.39, 0.29) is 6.04 Å². The number of hydrogen-bond acceptors (Lipinski definition) is 4. The Morgan fingerprint density at radius 3 is 2.62 bits per heavy atom. The van der Waals surface area contributed by atoms with Gasteiger partial charge in [0, 0.05) is 58.0 Å². The molecular formula is C21H18F3N5O2S. The van der Waals surface area contributed by atoms with Crippen LogP contribution in [0.2, 0.25) is 0 Å². The standard InChI is InChI=1S/C21H18F3N5O2S/c1-28-9-17-16-8-12(20(30)27-32-11-14(25)10-31-32)2-7-18(16)29(19(17)26-28)15-5-3-13(4-6-15)21(22,23)24/h2-9,14H,10-11,25H2,1H3. The van der Waals surface area contributed by atoms with Crippen LogP contribution in [-0.2, 0) is 28.4 Å². The molecule has 1 aliphatic rings. The summed E-state index contributed by atoms with van der Waals surface area (Å²) in [6.07, 6.45) is -2.60. The fourth-order valence-electron chi connectivity index (χ4n) is 3.74. The van der Waals surface area contributed by atoms with Gasteiger partial charge in [-0.1, -0.05) is 0 Å². The average molecular weight is 461 g/mol. The van der Waals surface area contributed by atoms with Crippen molar-refractivity contribution in [2.45, 2.75) is 12.2 Å². The van der Waals surface area contributed by atoms with E-state index in [2.05, 4.69) is 9.46 Å². The van der Waals surface area contributed by atoms with Crippen LogP contribution in [0.15, 0.2) is 53.0 Å². The Hall–Kier alpha value is -3.02. The SMILES string of the molecule is Cn1cc2c3cc(C(=O)N=S4CC(N)CO4)ccc3n(-c3ccc(C(F)(F)F)cc3)c2n1. The van der Waals surface area contributed by atoms with E-state index in [1.165, 1.54) is 12.1 Å². The van der Waals surface area contributed by atoms with E-state index in [1.54, 1.807) is 34.5 Å². The number of nitrogens with two attached hydrogens (primary N) is 1. The van der Waals surface area contributed by atoms with E-state index >= 15 is 0 Å². The van der Waals surface area contributed by atoms with Gasteiger partial charge in [0.05, 0.1) is 17.7 Å². The highest BCUT2D eigenvalue weighted by molar-refractivity contribution is 7.83. The van der Waals surface area contributed by atoms with E-state index in [0.29, 0.717) is 29.3 Å². The first-order chi connectivity index (χ1) is 15.2. The number of amides is 1. The van der Waals surface area contributed by atoms with Gasteiger partial charge in [-0.05, 0) is 42.5 Å². The molecule has 11 heteroatoms. The van der Waals surface area contributed by atoms with Crippen molar-refractivity contribution in [1.82, 2.24) is 14.3 Å². The average Bonchev–Trinajstić information content (AvgIpc) is 3.40. The minimum Gasteiger partial charge on any atom is -0.325 e. The third kappa shape index (κ3) is 3.61. The van der Waals surface area contributed by atoms with Crippen LogP contribution in [0.4, 0.5) is 13.2 Å². The Kier molecular flexibility index (Phi) is 4.91. The third-order valence-corrected chi connectivity index (χ3v) is 6.70. The minimum absolute atomic E-state index is 0.120. The molecule has 0 aliphatic carbocycles. The Morgan fingerprint density at radius 1 is 1.22 bits per heavy atom. The molecule has 2 N–H and O–H groups in total. The molecule has 5 rings (SSSR count). The van der Waals surface area contributed by atoms with Crippen LogP contribution in [-0.4, -0.2) is 38.7 Å². The summed E-state index contributed by atoms with van der Waals surface area (Å²) in [5.41, 5.74) is 7.32. The Morgan fingerprint density at radius 2 is 1.97 bits per heavy atom. The van der Waals surface area contributed by atoms with Gasteiger partial charge in [0.15, 0.2) is 5.65 Å². The van der Waals surface area contributed by atoms with Crippen molar-refractivity contribution in [3.05, 3.63) is 59.8 Å². The second-order valence-electron chi connectivity index (χ2n) is 7.58. The van der Waals surface area contributed by atoms with Crippen molar-refractivity contribution >= 4 is 38.8 Å². The number of alkyl halides is 3. The van der Waals surface area contributed by atoms with Gasteiger partial charge >= 0.3 is 6.18 Å². The van der Waals surface area contributed by atoms with Crippen molar-refractivity contribution < 1.29 is 22.1 Å². The van der Waals surface area contributed by atoms with Crippen molar-refractivity contribution in [1.29, 1.82) is 0 Å². The topological polar surface area (TPSA) is 87.4 Å². The predicted molar refractivity (Wildman–Crippen MR) is 115 cm³/mol. The Balaban J connectivity index is 1.62. The first-order valence-electron chi connectivity index (χ1n) is 9.72. The normalized spacial score (nSPS) is 19.4. The van der Waals surface area contributed by atoms with Gasteiger partial charge in [0.2, 0.25) is 0 Å². The first-order valence-corrected chi connectivity index (χ1v) is 11.0. The quantitative estimate of drug-likeness (QED) is 0.493. The molecule has 4 aromatic rings. The highest BCUT2D eigenvalue weighted by Gasteiger charge is 2.30. The van der Waals surface area contributed by atoms with Crippen molar-refractivity contribution in [2.24, 2.45) is 17.1 Å². The van der Waals surface area contributed by atoms with Gasteiger partial charge in [-0.2, -0.15) is 22.6 Å². The maximum absolute atomic E-state index is 13.0. The molecule has 2 aromatic heterocycles. The second kappa shape index (κ2) is 7.54. The molecule has 1 aliphatic heterocycles. The lowest BCUT2D eigenvalue weighted by molar-refractivity contribution is -0.137. The predicted octanol–water partition coefficient (Wildman–Crippen LogP) is 3.75. The van der Waals surface area contributed by atoms with Crippen LogP contribution in [0.1, 0.15) is 15.9 Å². The summed E-state index contributed by atoms with van der Waals surface area (Å²) in [7, 11) is 0.917. The lowest BCUT2D eigenvalue weighted by Gasteiger charge is -2.10. The molecule has 0 bridgehead atoms. The first kappa shape index (κ1) is 20.9. The van der Waals surface area contributed by atoms with E-state index in [9.17, 15) is 18.0 Å². The van der Waals surface area contributed by atoms with Crippen LogP contribution in [0, 0.1) is 0 Å². The zero-order valence-electron chi connectivity index (χ0n) is 16.8. The number of carbonyl (C=O) groups excluding carboxylic acids is 1. The molecule has 1 amide bonds. The third-order valence-electron chi connectivity index (χ3n) is 5.21. The fourth-order valence-corrected chi connectivity index (χ4v) is 5.05. The van der Waals surface area contributed by atoms with Crippen LogP contribution < -0.4 is 5.73 Å². The molecule has 2 atom stereocenters. The summed E-state index contributed by atoms with van der Waals surface area (Å²) in [5.74, 6) is 0.120. The summed E-state index contributed by atoms with van der Waals surface area (Å²) < 4.78 is 51.9. The fraction of sp³-hybridized carbons (Fsp3) is 0.238. The molecule has 0 radical (unpaired) electrons. The molecule has 2 aromatic carbocycles. The summed E-state index contributed by atoms with van der Waals surface area (Å²) in [6.45, 7) is 0.380. The Labute approximate surface area is 182 Å². The Bertz CT molecular complexity index is 1390. The molecule has 7 nitrogen and oxygen atoms in total. The second-order valence-corrected chi connectivity index (χ2v) is 8.98. The molecule has 0 saturated carbocycles. The molecule has 1 fully saturated rings. The van der Waals surface area contributed by atoms with Crippen LogP contribution in [0.5, 0.6) is 0 Å². The number of aryl methyl sites for hydroxylation is 1.